The maximum absolute atomic E-state index is 11.7. The summed E-state index contributed by atoms with van der Waals surface area (Å²) in [5.74, 6) is 1.18. The number of hydrogen-bond acceptors (Lipinski definition) is 6. The van der Waals surface area contributed by atoms with Crippen LogP contribution in [0.1, 0.15) is 34.5 Å². The molecule has 1 aliphatic heterocycles. The van der Waals surface area contributed by atoms with Crippen molar-refractivity contribution in [2.75, 3.05) is 20.2 Å². The van der Waals surface area contributed by atoms with Crippen LogP contribution < -0.4 is 4.74 Å². The number of nitrogens with zero attached hydrogens (tertiary/aromatic N) is 2. The number of carbonyl (C=O) groups excluding carboxylic acids is 1. The number of aryl methyl sites for hydroxylation is 1. The predicted molar refractivity (Wildman–Crippen MR) is 109 cm³/mol. The van der Waals surface area contributed by atoms with Gasteiger partial charge in [-0.2, -0.15) is 0 Å². The lowest BCUT2D eigenvalue weighted by atomic mass is 9.78. The van der Waals surface area contributed by atoms with Gasteiger partial charge in [-0.25, -0.2) is 4.79 Å². The molecule has 29 heavy (non-hydrogen) atoms. The van der Waals surface area contributed by atoms with E-state index in [0.29, 0.717) is 23.1 Å². The highest BCUT2D eigenvalue weighted by Crippen LogP contribution is 2.38. The molecule has 2 fully saturated rings. The number of rotatable bonds is 5. The van der Waals surface area contributed by atoms with E-state index < -0.39 is 12.1 Å². The molecule has 1 aromatic heterocycles. The summed E-state index contributed by atoms with van der Waals surface area (Å²) in [7, 11) is 1.36. The molecule has 2 aliphatic rings. The average molecular weight is 396 g/mol. The van der Waals surface area contributed by atoms with Crippen LogP contribution in [0, 0.1) is 18.8 Å². The number of benzene rings is 1. The molecule has 6 heteroatoms. The molecule has 1 aromatic carbocycles. The molecule has 0 spiro atoms. The molecule has 0 unspecified atom stereocenters. The Morgan fingerprint density at radius 2 is 2.00 bits per heavy atom. The minimum absolute atomic E-state index is 0.262. The van der Waals surface area contributed by atoms with Crippen molar-refractivity contribution in [3.8, 4) is 5.75 Å². The SMILES string of the molecule is COC(=O)c1cccc(O[C@@H]2C[C@@H]3CN(Cc4ccc(C)cn4)C[C@@H]3C[C@H]2O)c1. The Morgan fingerprint density at radius 3 is 2.72 bits per heavy atom. The van der Waals surface area contributed by atoms with Crippen molar-refractivity contribution in [2.24, 2.45) is 11.8 Å². The third-order valence-corrected chi connectivity index (χ3v) is 6.06. The average Bonchev–Trinajstić information content (AvgIpc) is 3.10. The summed E-state index contributed by atoms with van der Waals surface area (Å²) in [5.41, 5.74) is 2.70. The van der Waals surface area contributed by atoms with E-state index in [-0.39, 0.29) is 6.10 Å². The van der Waals surface area contributed by atoms with E-state index in [2.05, 4.69) is 22.0 Å². The Labute approximate surface area is 171 Å². The van der Waals surface area contributed by atoms with E-state index in [1.54, 1.807) is 18.2 Å². The van der Waals surface area contributed by atoms with Crippen molar-refractivity contribution in [3.63, 3.8) is 0 Å². The van der Waals surface area contributed by atoms with Crippen LogP contribution in [0.4, 0.5) is 0 Å². The summed E-state index contributed by atoms with van der Waals surface area (Å²) in [4.78, 5) is 18.7. The molecule has 2 aromatic rings. The summed E-state index contributed by atoms with van der Waals surface area (Å²) >= 11 is 0. The first-order valence-electron chi connectivity index (χ1n) is 10.2. The smallest absolute Gasteiger partial charge is 0.337 e. The lowest BCUT2D eigenvalue weighted by Crippen LogP contribution is -2.42. The van der Waals surface area contributed by atoms with Crippen molar-refractivity contribution in [2.45, 2.75) is 38.5 Å². The molecule has 6 nitrogen and oxygen atoms in total. The predicted octanol–water partition coefficient (Wildman–Crippen LogP) is 2.83. The van der Waals surface area contributed by atoms with Crippen LogP contribution in [0.15, 0.2) is 42.6 Å². The lowest BCUT2D eigenvalue weighted by Gasteiger charge is -2.35. The number of methoxy groups -OCH3 is 1. The van der Waals surface area contributed by atoms with E-state index in [4.69, 9.17) is 9.47 Å². The van der Waals surface area contributed by atoms with Gasteiger partial charge in [-0.15, -0.1) is 0 Å². The molecule has 1 N–H and O–H groups in total. The number of esters is 1. The molecular weight excluding hydrogens is 368 g/mol. The van der Waals surface area contributed by atoms with E-state index in [9.17, 15) is 9.90 Å². The third kappa shape index (κ3) is 4.60. The highest BCUT2D eigenvalue weighted by atomic mass is 16.5. The van der Waals surface area contributed by atoms with Crippen LogP contribution in [-0.2, 0) is 11.3 Å². The Kier molecular flexibility index (Phi) is 5.83. The van der Waals surface area contributed by atoms with Crippen molar-refractivity contribution in [1.82, 2.24) is 9.88 Å². The van der Waals surface area contributed by atoms with E-state index in [0.717, 1.165) is 38.2 Å². The van der Waals surface area contributed by atoms with Crippen molar-refractivity contribution in [3.05, 3.63) is 59.4 Å². The van der Waals surface area contributed by atoms with Gasteiger partial charge < -0.3 is 14.6 Å². The first-order chi connectivity index (χ1) is 14.0. The second kappa shape index (κ2) is 8.51. The summed E-state index contributed by atoms with van der Waals surface area (Å²) in [5, 5.41) is 10.7. The fourth-order valence-corrected chi connectivity index (χ4v) is 4.55. The van der Waals surface area contributed by atoms with E-state index in [1.165, 1.54) is 12.7 Å². The normalized spacial score (nSPS) is 26.7. The molecule has 4 rings (SSSR count). The molecule has 0 amide bonds. The second-order valence-corrected chi connectivity index (χ2v) is 8.26. The standard InChI is InChI=1S/C23H28N2O4/c1-15-6-7-19(24-11-15)14-25-12-17-9-21(26)22(10-18(17)13-25)29-20-5-3-4-16(8-20)23(27)28-2/h3-8,11,17-18,21-22,26H,9-10,12-14H2,1-2H3/t17-,18+,21+,22+/m0/s1. The largest absolute Gasteiger partial charge is 0.488 e. The zero-order valence-electron chi connectivity index (χ0n) is 17.0. The van der Waals surface area contributed by atoms with Gasteiger partial charge in [0, 0.05) is 25.8 Å². The van der Waals surface area contributed by atoms with Crippen LogP contribution >= 0.6 is 0 Å². The van der Waals surface area contributed by atoms with Crippen molar-refractivity contribution >= 4 is 5.97 Å². The first-order valence-corrected chi connectivity index (χ1v) is 10.2. The summed E-state index contributed by atoms with van der Waals surface area (Å²) in [6, 6.07) is 11.1. The Balaban J connectivity index is 1.38. The third-order valence-electron chi connectivity index (χ3n) is 6.06. The van der Waals surface area contributed by atoms with Gasteiger partial charge in [0.25, 0.3) is 0 Å². The van der Waals surface area contributed by atoms with Crippen molar-refractivity contribution < 1.29 is 19.4 Å². The second-order valence-electron chi connectivity index (χ2n) is 8.26. The minimum Gasteiger partial charge on any atom is -0.488 e. The number of likely N-dealkylation sites (tertiary alicyclic amines) is 1. The number of aliphatic hydroxyl groups excluding tert-OH is 1. The zero-order chi connectivity index (χ0) is 20.4. The number of aliphatic hydroxyl groups is 1. The number of fused-ring (bicyclic) bond motifs is 1. The fourth-order valence-electron chi connectivity index (χ4n) is 4.55. The van der Waals surface area contributed by atoms with Gasteiger partial charge in [0.2, 0.25) is 0 Å². The van der Waals surface area contributed by atoms with Crippen molar-refractivity contribution in [1.29, 1.82) is 0 Å². The molecule has 1 aliphatic carbocycles. The van der Waals surface area contributed by atoms with E-state index in [1.807, 2.05) is 19.2 Å². The number of ether oxygens (including phenoxy) is 2. The molecule has 2 heterocycles. The maximum Gasteiger partial charge on any atom is 0.337 e. The van der Waals surface area contributed by atoms with Crippen LogP contribution in [0.3, 0.4) is 0 Å². The number of pyridine rings is 1. The van der Waals surface area contributed by atoms with E-state index >= 15 is 0 Å². The lowest BCUT2D eigenvalue weighted by molar-refractivity contribution is -0.0231. The number of hydrogen-bond donors (Lipinski definition) is 1. The highest BCUT2D eigenvalue weighted by molar-refractivity contribution is 5.89. The Bertz CT molecular complexity index is 854. The van der Waals surface area contributed by atoms with Gasteiger partial charge in [0.05, 0.1) is 24.5 Å². The van der Waals surface area contributed by atoms with Crippen LogP contribution in [-0.4, -0.2) is 53.4 Å². The molecule has 154 valence electrons. The minimum atomic E-state index is -0.504. The van der Waals surface area contributed by atoms with Crippen LogP contribution in [0.25, 0.3) is 0 Å². The topological polar surface area (TPSA) is 71.9 Å². The van der Waals surface area contributed by atoms with Gasteiger partial charge in [-0.05, 0) is 61.4 Å². The Morgan fingerprint density at radius 1 is 1.21 bits per heavy atom. The van der Waals surface area contributed by atoms with Gasteiger partial charge >= 0.3 is 5.97 Å². The quantitative estimate of drug-likeness (QED) is 0.784. The van der Waals surface area contributed by atoms with Crippen LogP contribution in [0.5, 0.6) is 5.75 Å². The van der Waals surface area contributed by atoms with Crippen LogP contribution in [0.2, 0.25) is 0 Å². The van der Waals surface area contributed by atoms with Gasteiger partial charge in [0.1, 0.15) is 11.9 Å². The molecule has 0 radical (unpaired) electrons. The summed E-state index contributed by atoms with van der Waals surface area (Å²) < 4.78 is 10.9. The molecule has 1 saturated carbocycles. The summed E-state index contributed by atoms with van der Waals surface area (Å²) in [6.07, 6.45) is 2.70. The number of carbonyl (C=O) groups is 1. The molecule has 0 bridgehead atoms. The highest BCUT2D eigenvalue weighted by Gasteiger charge is 2.42. The fraction of sp³-hybridized carbons (Fsp3) is 0.478. The zero-order valence-corrected chi connectivity index (χ0v) is 17.0. The molecular formula is C23H28N2O4. The van der Waals surface area contributed by atoms with Gasteiger partial charge in [0.15, 0.2) is 0 Å². The summed E-state index contributed by atoms with van der Waals surface area (Å²) in [6.45, 7) is 4.87. The Hall–Kier alpha value is -2.44. The first kappa shape index (κ1) is 19.9. The molecule has 4 atom stereocenters. The maximum atomic E-state index is 11.7. The monoisotopic (exact) mass is 396 g/mol. The molecule has 1 saturated heterocycles. The van der Waals surface area contributed by atoms with Gasteiger partial charge in [-0.3, -0.25) is 9.88 Å². The van der Waals surface area contributed by atoms with Gasteiger partial charge in [-0.1, -0.05) is 12.1 Å². The number of aromatic nitrogens is 1.